The highest BCUT2D eigenvalue weighted by Gasteiger charge is 2.27. The first-order chi connectivity index (χ1) is 7.73. The van der Waals surface area contributed by atoms with Gasteiger partial charge in [-0.15, -0.1) is 6.58 Å². The molecule has 0 unspecified atom stereocenters. The molecule has 0 saturated carbocycles. The van der Waals surface area contributed by atoms with Gasteiger partial charge in [0.2, 0.25) is 0 Å². The molecule has 2 heteroatoms. The number of nitrogens with one attached hydrogen (secondary N) is 1. The zero-order valence-electron chi connectivity index (χ0n) is 12.8. The lowest BCUT2D eigenvalue weighted by Gasteiger charge is -2.40. The molecule has 0 aliphatic carbocycles. The molecule has 0 aromatic rings. The molecule has 0 heterocycles. The molecule has 0 aromatic heterocycles. The first-order valence-electron chi connectivity index (χ1n) is 6.79. The van der Waals surface area contributed by atoms with E-state index in [0.717, 1.165) is 26.2 Å². The minimum Gasteiger partial charge on any atom is -0.316 e. The minimum atomic E-state index is 0.205. The van der Waals surface area contributed by atoms with Crippen LogP contribution >= 0.6 is 0 Å². The van der Waals surface area contributed by atoms with Gasteiger partial charge < -0.3 is 5.32 Å². The molecule has 0 atom stereocenters. The van der Waals surface area contributed by atoms with E-state index in [1.807, 2.05) is 6.08 Å². The molecule has 0 aliphatic rings. The van der Waals surface area contributed by atoms with Crippen molar-refractivity contribution < 1.29 is 0 Å². The van der Waals surface area contributed by atoms with E-state index in [9.17, 15) is 0 Å². The van der Waals surface area contributed by atoms with E-state index in [2.05, 4.69) is 58.3 Å². The normalized spacial score (nSPS) is 13.1. The average Bonchev–Trinajstić information content (AvgIpc) is 2.15. The van der Waals surface area contributed by atoms with Gasteiger partial charge in [-0.2, -0.15) is 0 Å². The van der Waals surface area contributed by atoms with E-state index in [4.69, 9.17) is 0 Å². The zero-order valence-corrected chi connectivity index (χ0v) is 12.8. The van der Waals surface area contributed by atoms with E-state index in [1.165, 1.54) is 6.42 Å². The van der Waals surface area contributed by atoms with Crippen molar-refractivity contribution >= 4 is 0 Å². The third-order valence-corrected chi connectivity index (χ3v) is 2.95. The predicted molar refractivity (Wildman–Crippen MR) is 78.5 cm³/mol. The molecule has 0 spiro atoms. The van der Waals surface area contributed by atoms with Crippen LogP contribution in [-0.4, -0.2) is 36.6 Å². The molecule has 0 amide bonds. The van der Waals surface area contributed by atoms with Crippen LogP contribution in [0.5, 0.6) is 0 Å². The molecular weight excluding hydrogens is 208 g/mol. The monoisotopic (exact) mass is 240 g/mol. The van der Waals surface area contributed by atoms with Gasteiger partial charge in [-0.1, -0.05) is 26.8 Å². The average molecular weight is 240 g/mol. The number of rotatable bonds is 8. The number of hydrogen-bond donors (Lipinski definition) is 1. The van der Waals surface area contributed by atoms with Gasteiger partial charge in [0, 0.05) is 25.2 Å². The van der Waals surface area contributed by atoms with E-state index in [0.29, 0.717) is 5.41 Å². The van der Waals surface area contributed by atoms with Crippen LogP contribution in [0.1, 0.15) is 48.0 Å². The lowest BCUT2D eigenvalue weighted by molar-refractivity contribution is 0.0971. The highest BCUT2D eigenvalue weighted by Crippen LogP contribution is 2.22. The summed E-state index contributed by atoms with van der Waals surface area (Å²) >= 11 is 0. The Morgan fingerprint density at radius 3 is 2.18 bits per heavy atom. The number of nitrogens with zero attached hydrogens (tertiary/aromatic N) is 1. The highest BCUT2D eigenvalue weighted by molar-refractivity contribution is 4.87. The second-order valence-corrected chi connectivity index (χ2v) is 6.68. The zero-order chi connectivity index (χ0) is 13.5. The molecule has 17 heavy (non-hydrogen) atoms. The van der Waals surface area contributed by atoms with Crippen molar-refractivity contribution in [2.24, 2.45) is 5.41 Å². The van der Waals surface area contributed by atoms with Crippen molar-refractivity contribution in [1.82, 2.24) is 10.2 Å². The molecule has 1 N–H and O–H groups in total. The quantitative estimate of drug-likeness (QED) is 0.517. The Morgan fingerprint density at radius 1 is 1.18 bits per heavy atom. The summed E-state index contributed by atoms with van der Waals surface area (Å²) in [5, 5.41) is 3.52. The minimum absolute atomic E-state index is 0.205. The summed E-state index contributed by atoms with van der Waals surface area (Å²) in [7, 11) is 0. The first-order valence-corrected chi connectivity index (χ1v) is 6.79. The summed E-state index contributed by atoms with van der Waals surface area (Å²) in [5.41, 5.74) is 0.502. The summed E-state index contributed by atoms with van der Waals surface area (Å²) in [6, 6.07) is 0. The Hall–Kier alpha value is -0.340. The Kier molecular flexibility index (Phi) is 7.03. The van der Waals surface area contributed by atoms with Gasteiger partial charge in [0.25, 0.3) is 0 Å². The Labute approximate surface area is 108 Å². The van der Waals surface area contributed by atoms with Gasteiger partial charge >= 0.3 is 0 Å². The lowest BCUT2D eigenvalue weighted by atomic mass is 9.90. The van der Waals surface area contributed by atoms with Crippen LogP contribution in [-0.2, 0) is 0 Å². The van der Waals surface area contributed by atoms with E-state index in [-0.39, 0.29) is 5.54 Å². The molecule has 0 fully saturated rings. The summed E-state index contributed by atoms with van der Waals surface area (Å²) in [6.07, 6.45) is 3.20. The highest BCUT2D eigenvalue weighted by atomic mass is 15.2. The van der Waals surface area contributed by atoms with Crippen LogP contribution < -0.4 is 5.32 Å². The summed E-state index contributed by atoms with van der Waals surface area (Å²) < 4.78 is 0. The Morgan fingerprint density at radius 2 is 1.76 bits per heavy atom. The van der Waals surface area contributed by atoms with Crippen LogP contribution in [0.2, 0.25) is 0 Å². The fourth-order valence-electron chi connectivity index (χ4n) is 1.91. The lowest BCUT2D eigenvalue weighted by Crippen LogP contribution is -2.48. The third-order valence-electron chi connectivity index (χ3n) is 2.95. The maximum Gasteiger partial charge on any atom is 0.0166 e. The maximum absolute atomic E-state index is 3.86. The second kappa shape index (κ2) is 7.17. The van der Waals surface area contributed by atoms with E-state index in [1.54, 1.807) is 0 Å². The fourth-order valence-corrected chi connectivity index (χ4v) is 1.91. The molecule has 102 valence electrons. The van der Waals surface area contributed by atoms with Crippen molar-refractivity contribution in [2.75, 3.05) is 26.2 Å². The topological polar surface area (TPSA) is 15.3 Å². The van der Waals surface area contributed by atoms with Gasteiger partial charge in [0.05, 0.1) is 0 Å². The Balaban J connectivity index is 4.36. The van der Waals surface area contributed by atoms with Crippen LogP contribution in [0.15, 0.2) is 12.7 Å². The molecular formula is C15H32N2. The van der Waals surface area contributed by atoms with Gasteiger partial charge in [-0.3, -0.25) is 4.90 Å². The second-order valence-electron chi connectivity index (χ2n) is 6.68. The van der Waals surface area contributed by atoms with Crippen molar-refractivity contribution in [3.05, 3.63) is 12.7 Å². The van der Waals surface area contributed by atoms with Crippen molar-refractivity contribution in [1.29, 1.82) is 0 Å². The molecule has 2 nitrogen and oxygen atoms in total. The van der Waals surface area contributed by atoms with Crippen molar-refractivity contribution in [2.45, 2.75) is 53.5 Å². The largest absolute Gasteiger partial charge is 0.316 e. The molecule has 0 aromatic carbocycles. The summed E-state index contributed by atoms with van der Waals surface area (Å²) in [4.78, 5) is 2.49. The van der Waals surface area contributed by atoms with Crippen molar-refractivity contribution in [3.63, 3.8) is 0 Å². The van der Waals surface area contributed by atoms with E-state index < -0.39 is 0 Å². The molecule has 0 aliphatic heterocycles. The molecule has 0 radical (unpaired) electrons. The van der Waals surface area contributed by atoms with Crippen LogP contribution in [0.3, 0.4) is 0 Å². The summed E-state index contributed by atoms with van der Waals surface area (Å²) in [6.45, 7) is 21.8. The maximum atomic E-state index is 3.86. The van der Waals surface area contributed by atoms with Gasteiger partial charge in [-0.25, -0.2) is 0 Å². The van der Waals surface area contributed by atoms with Crippen LogP contribution in [0, 0.1) is 5.41 Å². The molecule has 0 saturated heterocycles. The SMILES string of the molecule is C=CCN(CC(C)(C)CNCCC)C(C)(C)C. The van der Waals surface area contributed by atoms with Crippen molar-refractivity contribution in [3.8, 4) is 0 Å². The third kappa shape index (κ3) is 7.56. The molecule has 0 bridgehead atoms. The van der Waals surface area contributed by atoms with E-state index >= 15 is 0 Å². The summed E-state index contributed by atoms with van der Waals surface area (Å²) in [5.74, 6) is 0. The standard InChI is InChI=1S/C15H32N2/c1-8-10-16-12-15(6,7)13-17(11-9-2)14(3,4)5/h9,16H,2,8,10-13H2,1,3-7H3. The van der Waals surface area contributed by atoms with Gasteiger partial charge in [-0.05, 0) is 39.2 Å². The predicted octanol–water partition coefficient (Wildman–Crippen LogP) is 3.30. The van der Waals surface area contributed by atoms with Crippen LogP contribution in [0.25, 0.3) is 0 Å². The molecule has 0 rings (SSSR count). The van der Waals surface area contributed by atoms with Crippen LogP contribution in [0.4, 0.5) is 0 Å². The number of hydrogen-bond acceptors (Lipinski definition) is 2. The first kappa shape index (κ1) is 16.7. The Bertz CT molecular complexity index is 213. The smallest absolute Gasteiger partial charge is 0.0166 e. The van der Waals surface area contributed by atoms with Gasteiger partial charge in [0.15, 0.2) is 0 Å². The van der Waals surface area contributed by atoms with Gasteiger partial charge in [0.1, 0.15) is 0 Å². The fraction of sp³-hybridized carbons (Fsp3) is 0.867.